The van der Waals surface area contributed by atoms with Gasteiger partial charge in [0, 0.05) is 42.0 Å². The molecule has 128 valence electrons. The maximum atomic E-state index is 13.2. The topological polar surface area (TPSA) is 61.3 Å². The molecule has 1 fully saturated rings. The smallest absolute Gasteiger partial charge is 0.159 e. The molecule has 0 unspecified atom stereocenters. The van der Waals surface area contributed by atoms with Gasteiger partial charge in [-0.15, -0.1) is 10.2 Å². The Kier molecular flexibility index (Phi) is 4.29. The monoisotopic (exact) mass is 338 g/mol. The van der Waals surface area contributed by atoms with Gasteiger partial charge in [-0.1, -0.05) is 24.3 Å². The zero-order valence-corrected chi connectivity index (χ0v) is 13.7. The van der Waals surface area contributed by atoms with Crippen LogP contribution in [0.2, 0.25) is 0 Å². The third-order valence-corrected chi connectivity index (χ3v) is 4.56. The summed E-state index contributed by atoms with van der Waals surface area (Å²) in [6, 6.07) is 14.3. The fourth-order valence-corrected chi connectivity index (χ4v) is 3.28. The van der Waals surface area contributed by atoms with Gasteiger partial charge in [0.15, 0.2) is 5.82 Å². The van der Waals surface area contributed by atoms with Crippen molar-refractivity contribution in [3.05, 3.63) is 54.3 Å². The Morgan fingerprint density at radius 2 is 1.84 bits per heavy atom. The molecular weight excluding hydrogens is 319 g/mol. The van der Waals surface area contributed by atoms with Crippen LogP contribution in [0.5, 0.6) is 0 Å². The molecule has 1 aliphatic rings. The van der Waals surface area contributed by atoms with E-state index in [1.807, 2.05) is 24.3 Å². The maximum Gasteiger partial charge on any atom is 0.159 e. The number of nitrogens with zero attached hydrogens (tertiary/aromatic N) is 3. The number of hydrogen-bond acceptors (Lipinski definition) is 5. The molecule has 0 aliphatic carbocycles. The van der Waals surface area contributed by atoms with E-state index >= 15 is 0 Å². The summed E-state index contributed by atoms with van der Waals surface area (Å²) in [5.74, 6) is 0.551. The van der Waals surface area contributed by atoms with E-state index in [2.05, 4.69) is 20.4 Å². The van der Waals surface area contributed by atoms with Crippen LogP contribution in [0.25, 0.3) is 22.0 Å². The van der Waals surface area contributed by atoms with Crippen LogP contribution in [0.1, 0.15) is 0 Å². The lowest BCUT2D eigenvalue weighted by atomic mass is 10.0. The summed E-state index contributed by atoms with van der Waals surface area (Å²) in [5, 5.41) is 23.6. The van der Waals surface area contributed by atoms with E-state index < -0.39 is 0 Å². The normalized spacial score (nSPS) is 17.8. The van der Waals surface area contributed by atoms with Gasteiger partial charge in [0.25, 0.3) is 0 Å². The van der Waals surface area contributed by atoms with Crippen molar-refractivity contribution in [2.45, 2.75) is 6.04 Å². The van der Waals surface area contributed by atoms with Crippen LogP contribution in [0.3, 0.4) is 0 Å². The third-order valence-electron chi connectivity index (χ3n) is 4.56. The fraction of sp³-hybridized carbons (Fsp3) is 0.263. The van der Waals surface area contributed by atoms with Crippen LogP contribution in [0, 0.1) is 5.82 Å². The Labute approximate surface area is 145 Å². The lowest BCUT2D eigenvalue weighted by molar-refractivity contribution is 0.235. The minimum absolute atomic E-state index is 0.0334. The Hall–Kier alpha value is -2.57. The van der Waals surface area contributed by atoms with Gasteiger partial charge in [-0.3, -0.25) is 0 Å². The highest BCUT2D eigenvalue weighted by Crippen LogP contribution is 2.31. The summed E-state index contributed by atoms with van der Waals surface area (Å²) in [6.07, 6.45) is 0. The lowest BCUT2D eigenvalue weighted by Gasteiger charge is -2.34. The van der Waals surface area contributed by atoms with Gasteiger partial charge in [-0.25, -0.2) is 4.39 Å². The SMILES string of the molecule is OC[C@H]1CN(c2nnc(-c3ccc(F)cc3)c3ccccc23)CCN1. The van der Waals surface area contributed by atoms with Gasteiger partial charge in [-0.2, -0.15) is 0 Å². The highest BCUT2D eigenvalue weighted by Gasteiger charge is 2.22. The largest absolute Gasteiger partial charge is 0.395 e. The Morgan fingerprint density at radius 1 is 1.08 bits per heavy atom. The number of fused-ring (bicyclic) bond motifs is 1. The second kappa shape index (κ2) is 6.74. The predicted molar refractivity (Wildman–Crippen MR) is 96.0 cm³/mol. The standard InChI is InChI=1S/C19H19FN4O/c20-14-7-5-13(6-8-14)18-16-3-1-2-4-17(16)19(23-22-18)24-10-9-21-15(11-24)12-25/h1-8,15,21,25H,9-12H2/t15-/m1/s1. The van der Waals surface area contributed by atoms with Gasteiger partial charge in [0.1, 0.15) is 11.5 Å². The second-order valence-corrected chi connectivity index (χ2v) is 6.20. The highest BCUT2D eigenvalue weighted by atomic mass is 19.1. The van der Waals surface area contributed by atoms with Gasteiger partial charge in [-0.05, 0) is 24.3 Å². The number of benzene rings is 2. The van der Waals surface area contributed by atoms with Crippen molar-refractivity contribution in [3.8, 4) is 11.3 Å². The van der Waals surface area contributed by atoms with Crippen LogP contribution in [-0.4, -0.2) is 47.6 Å². The average Bonchev–Trinajstić information content (AvgIpc) is 2.68. The number of aliphatic hydroxyl groups excluding tert-OH is 1. The van der Waals surface area contributed by atoms with E-state index in [0.29, 0.717) is 6.54 Å². The molecule has 2 aromatic carbocycles. The first-order chi connectivity index (χ1) is 12.3. The van der Waals surface area contributed by atoms with Crippen LogP contribution >= 0.6 is 0 Å². The van der Waals surface area contributed by atoms with Crippen LogP contribution < -0.4 is 10.2 Å². The van der Waals surface area contributed by atoms with E-state index in [9.17, 15) is 9.50 Å². The predicted octanol–water partition coefficient (Wildman–Crippen LogP) is 2.21. The molecule has 1 saturated heterocycles. The summed E-state index contributed by atoms with van der Waals surface area (Å²) in [5.41, 5.74) is 1.58. The molecule has 1 aromatic heterocycles. The summed E-state index contributed by atoms with van der Waals surface area (Å²) in [7, 11) is 0. The molecule has 0 saturated carbocycles. The van der Waals surface area contributed by atoms with Crippen molar-refractivity contribution in [1.82, 2.24) is 15.5 Å². The number of aromatic nitrogens is 2. The van der Waals surface area contributed by atoms with E-state index in [0.717, 1.165) is 40.9 Å². The van der Waals surface area contributed by atoms with Gasteiger partial charge < -0.3 is 15.3 Å². The van der Waals surface area contributed by atoms with E-state index in [4.69, 9.17) is 0 Å². The van der Waals surface area contributed by atoms with E-state index in [-0.39, 0.29) is 18.5 Å². The molecule has 6 heteroatoms. The molecule has 4 rings (SSSR count). The van der Waals surface area contributed by atoms with Crippen molar-refractivity contribution in [3.63, 3.8) is 0 Å². The number of piperazine rings is 1. The minimum Gasteiger partial charge on any atom is -0.395 e. The molecule has 0 spiro atoms. The number of anilines is 1. The average molecular weight is 338 g/mol. The van der Waals surface area contributed by atoms with E-state index in [1.54, 1.807) is 12.1 Å². The maximum absolute atomic E-state index is 13.2. The summed E-state index contributed by atoms with van der Waals surface area (Å²) in [4.78, 5) is 2.15. The molecule has 2 heterocycles. The van der Waals surface area contributed by atoms with Crippen molar-refractivity contribution >= 4 is 16.6 Å². The van der Waals surface area contributed by atoms with E-state index in [1.165, 1.54) is 12.1 Å². The van der Waals surface area contributed by atoms with Crippen molar-refractivity contribution in [2.75, 3.05) is 31.1 Å². The molecule has 0 radical (unpaired) electrons. The summed E-state index contributed by atoms with van der Waals surface area (Å²) in [6.45, 7) is 2.38. The molecule has 25 heavy (non-hydrogen) atoms. The first-order valence-corrected chi connectivity index (χ1v) is 8.37. The molecule has 5 nitrogen and oxygen atoms in total. The van der Waals surface area contributed by atoms with Gasteiger partial charge in [0.05, 0.1) is 6.61 Å². The number of aliphatic hydroxyl groups is 1. The molecule has 2 N–H and O–H groups in total. The zero-order valence-electron chi connectivity index (χ0n) is 13.7. The zero-order chi connectivity index (χ0) is 17.2. The molecule has 1 aliphatic heterocycles. The summed E-state index contributed by atoms with van der Waals surface area (Å²) >= 11 is 0. The van der Waals surface area contributed by atoms with Crippen LogP contribution in [0.15, 0.2) is 48.5 Å². The molecule has 1 atom stereocenters. The lowest BCUT2D eigenvalue weighted by Crippen LogP contribution is -2.52. The Morgan fingerprint density at radius 3 is 2.60 bits per heavy atom. The Bertz CT molecular complexity index is 884. The first kappa shape index (κ1) is 15.9. The number of halogens is 1. The summed E-state index contributed by atoms with van der Waals surface area (Å²) < 4.78 is 13.2. The fourth-order valence-electron chi connectivity index (χ4n) is 3.28. The van der Waals surface area contributed by atoms with Crippen molar-refractivity contribution in [2.24, 2.45) is 0 Å². The second-order valence-electron chi connectivity index (χ2n) is 6.20. The third kappa shape index (κ3) is 3.06. The van der Waals surface area contributed by atoms with Crippen LogP contribution in [0.4, 0.5) is 10.2 Å². The number of rotatable bonds is 3. The molecular formula is C19H19FN4O. The molecule has 0 bridgehead atoms. The van der Waals surface area contributed by atoms with Gasteiger partial charge >= 0.3 is 0 Å². The van der Waals surface area contributed by atoms with Gasteiger partial charge in [0.2, 0.25) is 0 Å². The first-order valence-electron chi connectivity index (χ1n) is 8.37. The molecule has 3 aromatic rings. The van der Waals surface area contributed by atoms with Crippen LogP contribution in [-0.2, 0) is 0 Å². The quantitative estimate of drug-likeness (QED) is 0.767. The number of hydrogen-bond donors (Lipinski definition) is 2. The highest BCUT2D eigenvalue weighted by molar-refractivity contribution is 6.00. The molecule has 0 amide bonds. The number of nitrogens with one attached hydrogen (secondary N) is 1. The van der Waals surface area contributed by atoms with Crippen molar-refractivity contribution in [1.29, 1.82) is 0 Å². The minimum atomic E-state index is -0.270. The Balaban J connectivity index is 1.80. The van der Waals surface area contributed by atoms with Crippen molar-refractivity contribution < 1.29 is 9.50 Å².